The quantitative estimate of drug-likeness (QED) is 0.489. The van der Waals surface area contributed by atoms with Gasteiger partial charge in [0.2, 0.25) is 15.9 Å². The van der Waals surface area contributed by atoms with Crippen LogP contribution in [-0.4, -0.2) is 105 Å². The van der Waals surface area contributed by atoms with Crippen molar-refractivity contribution >= 4 is 27.7 Å². The van der Waals surface area contributed by atoms with Crippen LogP contribution in [0.25, 0.3) is 0 Å². The second-order valence-corrected chi connectivity index (χ2v) is 13.5. The fourth-order valence-corrected chi connectivity index (χ4v) is 9.23. The van der Waals surface area contributed by atoms with Crippen molar-refractivity contribution in [1.82, 2.24) is 14.1 Å². The summed E-state index contributed by atoms with van der Waals surface area (Å²) in [5, 5.41) is 0. The van der Waals surface area contributed by atoms with Crippen LogP contribution in [0, 0.1) is 13.8 Å². The van der Waals surface area contributed by atoms with E-state index in [0.717, 1.165) is 31.7 Å². The van der Waals surface area contributed by atoms with Gasteiger partial charge < -0.3 is 19.3 Å². The maximum atomic E-state index is 13.7. The zero-order valence-electron chi connectivity index (χ0n) is 22.6. The minimum absolute atomic E-state index is 0.00399. The highest BCUT2D eigenvalue weighted by Gasteiger charge is 2.36. The summed E-state index contributed by atoms with van der Waals surface area (Å²) in [5.41, 5.74) is 1.35. The van der Waals surface area contributed by atoms with Gasteiger partial charge in [-0.2, -0.15) is 16.1 Å². The number of methoxy groups -OCH3 is 1. The van der Waals surface area contributed by atoms with Gasteiger partial charge >= 0.3 is 0 Å². The molecule has 3 aliphatic rings. The number of piperidine rings is 1. The molecule has 0 bridgehead atoms. The van der Waals surface area contributed by atoms with Crippen LogP contribution >= 0.6 is 11.8 Å². The Morgan fingerprint density at radius 1 is 1.00 bits per heavy atom. The van der Waals surface area contributed by atoms with Gasteiger partial charge in [-0.05, 0) is 75.9 Å². The van der Waals surface area contributed by atoms with E-state index in [1.807, 2.05) is 4.90 Å². The van der Waals surface area contributed by atoms with Crippen LogP contribution in [0.4, 0.5) is 0 Å². The molecule has 0 aromatic heterocycles. The molecule has 0 spiro atoms. The van der Waals surface area contributed by atoms with Gasteiger partial charge in [-0.3, -0.25) is 4.79 Å². The first-order valence-electron chi connectivity index (χ1n) is 13.7. The Balaban J connectivity index is 1.30. The summed E-state index contributed by atoms with van der Waals surface area (Å²) in [6.07, 6.45) is 7.30. The van der Waals surface area contributed by atoms with E-state index < -0.39 is 10.0 Å². The van der Waals surface area contributed by atoms with Crippen molar-refractivity contribution in [2.75, 3.05) is 64.6 Å². The summed E-state index contributed by atoms with van der Waals surface area (Å²) in [6.45, 7) is 8.21. The highest BCUT2D eigenvalue weighted by molar-refractivity contribution is 7.99. The number of sulfonamides is 1. The number of carbonyl (C=O) groups is 1. The van der Waals surface area contributed by atoms with Crippen LogP contribution in [0.15, 0.2) is 17.0 Å². The lowest BCUT2D eigenvalue weighted by molar-refractivity contribution is -0.138. The van der Waals surface area contributed by atoms with Gasteiger partial charge in [0.05, 0.1) is 24.7 Å². The monoisotopic (exact) mass is 553 g/mol. The average molecular weight is 554 g/mol. The van der Waals surface area contributed by atoms with Crippen molar-refractivity contribution in [3.8, 4) is 5.75 Å². The van der Waals surface area contributed by atoms with Gasteiger partial charge in [-0.25, -0.2) is 8.42 Å². The second-order valence-electron chi connectivity index (χ2n) is 10.5. The molecule has 208 valence electrons. The fraction of sp³-hybridized carbons (Fsp3) is 0.741. The fourth-order valence-electron chi connectivity index (χ4n) is 5.95. The van der Waals surface area contributed by atoms with E-state index in [2.05, 4.69) is 4.90 Å². The Morgan fingerprint density at radius 3 is 2.27 bits per heavy atom. The van der Waals surface area contributed by atoms with Crippen LogP contribution in [0.1, 0.15) is 49.7 Å². The van der Waals surface area contributed by atoms with E-state index in [0.29, 0.717) is 40.1 Å². The summed E-state index contributed by atoms with van der Waals surface area (Å²) >= 11 is 1.73. The molecule has 0 aliphatic carbocycles. The van der Waals surface area contributed by atoms with Gasteiger partial charge in [-0.15, -0.1) is 0 Å². The maximum absolute atomic E-state index is 13.7. The predicted octanol–water partition coefficient (Wildman–Crippen LogP) is 3.30. The van der Waals surface area contributed by atoms with Gasteiger partial charge in [0, 0.05) is 37.2 Å². The van der Waals surface area contributed by atoms with Crippen LogP contribution in [0.5, 0.6) is 5.75 Å². The first-order chi connectivity index (χ1) is 17.8. The minimum atomic E-state index is -3.70. The lowest BCUT2D eigenvalue weighted by Crippen LogP contribution is -2.50. The third kappa shape index (κ3) is 7.01. The number of aryl methyl sites for hydroxylation is 2. The average Bonchev–Trinajstić information content (AvgIpc) is 3.18. The van der Waals surface area contributed by atoms with Gasteiger partial charge in [0.15, 0.2) is 0 Å². The topological polar surface area (TPSA) is 79.4 Å². The number of ether oxygens (including phenoxy) is 2. The molecule has 3 fully saturated rings. The predicted molar refractivity (Wildman–Crippen MR) is 148 cm³/mol. The van der Waals surface area contributed by atoms with Crippen LogP contribution in [-0.2, 0) is 19.6 Å². The summed E-state index contributed by atoms with van der Waals surface area (Å²) in [7, 11) is -2.12. The number of carbonyl (C=O) groups excluding carboxylic acids is 1. The number of rotatable bonds is 8. The van der Waals surface area contributed by atoms with Crippen LogP contribution in [0.2, 0.25) is 0 Å². The minimum Gasteiger partial charge on any atom is -0.497 e. The van der Waals surface area contributed by atoms with Crippen molar-refractivity contribution < 1.29 is 22.7 Å². The van der Waals surface area contributed by atoms with Crippen molar-refractivity contribution in [2.24, 2.45) is 0 Å². The molecule has 0 N–H and O–H groups in total. The molecule has 1 unspecified atom stereocenters. The second kappa shape index (κ2) is 13.2. The Kier molecular flexibility index (Phi) is 10.2. The number of hydrogen-bond acceptors (Lipinski definition) is 7. The number of amides is 1. The number of nitrogens with zero attached hydrogens (tertiary/aromatic N) is 3. The molecule has 3 saturated heterocycles. The molecule has 37 heavy (non-hydrogen) atoms. The first kappa shape index (κ1) is 28.7. The summed E-state index contributed by atoms with van der Waals surface area (Å²) < 4.78 is 40.2. The van der Waals surface area contributed by atoms with Crippen molar-refractivity contribution in [2.45, 2.75) is 69.4 Å². The summed E-state index contributed by atoms with van der Waals surface area (Å²) in [6, 6.07) is 3.81. The molecule has 0 radical (unpaired) electrons. The molecule has 4 rings (SSSR count). The van der Waals surface area contributed by atoms with Gasteiger partial charge in [0.1, 0.15) is 12.4 Å². The molecule has 1 aromatic carbocycles. The summed E-state index contributed by atoms with van der Waals surface area (Å²) in [5.74, 6) is 2.06. The zero-order chi connectivity index (χ0) is 26.4. The largest absolute Gasteiger partial charge is 0.497 e. The lowest BCUT2D eigenvalue weighted by Gasteiger charge is -2.38. The highest BCUT2D eigenvalue weighted by atomic mass is 32.2. The standard InChI is InChI=1S/C27H43N3O5S2/c1-21-16-25(34-3)17-22(2)27(21)37(32,33)30-14-15-36-20-24(30)18-35-19-26(31)29-12-8-23(9-13-29)28-10-6-4-5-7-11-28/h16-17,23-24H,4-15,18-20H2,1-3H3. The van der Waals surface area contributed by atoms with E-state index in [-0.39, 0.29) is 25.2 Å². The third-order valence-corrected chi connectivity index (χ3v) is 11.3. The first-order valence-corrected chi connectivity index (χ1v) is 16.2. The molecule has 3 aliphatic heterocycles. The van der Waals surface area contributed by atoms with E-state index >= 15 is 0 Å². The van der Waals surface area contributed by atoms with E-state index in [4.69, 9.17) is 9.47 Å². The molecule has 10 heteroatoms. The Bertz CT molecular complexity index is 996. The van der Waals surface area contributed by atoms with E-state index in [1.54, 1.807) is 49.2 Å². The third-order valence-electron chi connectivity index (χ3n) is 7.92. The zero-order valence-corrected chi connectivity index (χ0v) is 24.2. The molecular formula is C27H43N3O5S2. The van der Waals surface area contributed by atoms with Gasteiger partial charge in [0.25, 0.3) is 0 Å². The van der Waals surface area contributed by atoms with Crippen molar-refractivity contribution in [3.63, 3.8) is 0 Å². The highest BCUT2D eigenvalue weighted by Crippen LogP contribution is 2.31. The smallest absolute Gasteiger partial charge is 0.248 e. The van der Waals surface area contributed by atoms with Crippen molar-refractivity contribution in [1.29, 1.82) is 0 Å². The van der Waals surface area contributed by atoms with Crippen molar-refractivity contribution in [3.05, 3.63) is 23.3 Å². The summed E-state index contributed by atoms with van der Waals surface area (Å²) in [4.78, 5) is 17.8. The molecule has 1 amide bonds. The number of likely N-dealkylation sites (tertiary alicyclic amines) is 2. The number of hydrogen-bond donors (Lipinski definition) is 0. The van der Waals surface area contributed by atoms with Crippen LogP contribution in [0.3, 0.4) is 0 Å². The van der Waals surface area contributed by atoms with E-state index in [1.165, 1.54) is 38.8 Å². The molecule has 1 atom stereocenters. The molecule has 8 nitrogen and oxygen atoms in total. The normalized spacial score (nSPS) is 23.1. The maximum Gasteiger partial charge on any atom is 0.248 e. The molecule has 1 aromatic rings. The molecule has 3 heterocycles. The Morgan fingerprint density at radius 2 is 1.65 bits per heavy atom. The van der Waals surface area contributed by atoms with Crippen LogP contribution < -0.4 is 4.74 Å². The SMILES string of the molecule is COc1cc(C)c(S(=O)(=O)N2CCSCC2COCC(=O)N2CCC(N3CCCCCC3)CC2)c(C)c1. The Labute approximate surface area is 227 Å². The Hall–Kier alpha value is -1.33. The van der Waals surface area contributed by atoms with E-state index in [9.17, 15) is 13.2 Å². The lowest BCUT2D eigenvalue weighted by atomic mass is 10.0. The van der Waals surface area contributed by atoms with Gasteiger partial charge in [-0.1, -0.05) is 12.8 Å². The number of benzene rings is 1. The number of thioether (sulfide) groups is 1. The molecule has 0 saturated carbocycles. The molecular weight excluding hydrogens is 510 g/mol.